The van der Waals surface area contributed by atoms with Gasteiger partial charge in [-0.2, -0.15) is 5.26 Å². The molecule has 1 aliphatic heterocycles. The topological polar surface area (TPSA) is 112 Å². The Balaban J connectivity index is 1.46. The quantitative estimate of drug-likeness (QED) is 0.801. The number of nitriles is 1. The number of nitrogens with one attached hydrogen (secondary N) is 1. The van der Waals surface area contributed by atoms with Gasteiger partial charge in [0.05, 0.1) is 17.9 Å². The van der Waals surface area contributed by atoms with Gasteiger partial charge in [0.25, 0.3) is 0 Å². The van der Waals surface area contributed by atoms with E-state index in [0.717, 1.165) is 35.7 Å². The summed E-state index contributed by atoms with van der Waals surface area (Å²) in [5, 5.41) is 13.3. The van der Waals surface area contributed by atoms with Crippen molar-refractivity contribution in [3.8, 4) is 6.07 Å². The molecule has 1 saturated heterocycles. The van der Waals surface area contributed by atoms with Crippen LogP contribution in [0.2, 0.25) is 0 Å². The molecule has 7 nitrogen and oxygen atoms in total. The van der Waals surface area contributed by atoms with Crippen molar-refractivity contribution < 1.29 is 9.59 Å². The smallest absolute Gasteiger partial charge is 0.230 e. The number of nitrogens with two attached hydrogens (primary N) is 1. The Morgan fingerprint density at radius 1 is 1.32 bits per heavy atom. The molecule has 4 atom stereocenters. The van der Waals surface area contributed by atoms with E-state index in [4.69, 9.17) is 11.0 Å². The number of anilines is 3. The molecule has 1 aromatic heterocycles. The van der Waals surface area contributed by atoms with Crippen LogP contribution in [0.4, 0.5) is 17.2 Å². The van der Waals surface area contributed by atoms with E-state index < -0.39 is 0 Å². The molecule has 3 aliphatic rings. The molecule has 3 fully saturated rings. The Hall–Kier alpha value is -3.14. The molecule has 7 heteroatoms. The third-order valence-electron chi connectivity index (χ3n) is 6.33. The fraction of sp³-hybridized carbons (Fsp3) is 0.429. The molecule has 3 N–H and O–H groups in total. The van der Waals surface area contributed by atoms with Crippen molar-refractivity contribution in [3.05, 3.63) is 24.4 Å². The lowest BCUT2D eigenvalue weighted by molar-refractivity contribution is -0.118. The average Bonchev–Trinajstić information content (AvgIpc) is 3.23. The standard InChI is InChI=1S/C21H21N5O2/c22-9-13-5-15(13)21(28)25-19-6-12-4-14(8-17(23)16(12)10-24-19)26-18-3-1-2-11(18)7-20(26)27/h4,6,8,10-11,13,15,18H,1-3,5,7,23H2,(H,24,25,28)/t11?,13-,15+,18?/m1/s1. The zero-order chi connectivity index (χ0) is 19.4. The summed E-state index contributed by atoms with van der Waals surface area (Å²) in [6.45, 7) is 0. The highest BCUT2D eigenvalue weighted by Gasteiger charge is 2.44. The highest BCUT2D eigenvalue weighted by atomic mass is 16.2. The van der Waals surface area contributed by atoms with Crippen LogP contribution < -0.4 is 16.0 Å². The summed E-state index contributed by atoms with van der Waals surface area (Å²) >= 11 is 0. The molecule has 2 aromatic rings. The molecule has 142 valence electrons. The molecule has 2 amide bonds. The van der Waals surface area contributed by atoms with Gasteiger partial charge in [-0.1, -0.05) is 6.42 Å². The fourth-order valence-corrected chi connectivity index (χ4v) is 4.76. The molecular weight excluding hydrogens is 354 g/mol. The summed E-state index contributed by atoms with van der Waals surface area (Å²) in [7, 11) is 0. The van der Waals surface area contributed by atoms with E-state index in [-0.39, 0.29) is 29.7 Å². The molecule has 0 radical (unpaired) electrons. The van der Waals surface area contributed by atoms with Crippen LogP contribution in [0, 0.1) is 29.1 Å². The molecular formula is C21H21N5O2. The minimum absolute atomic E-state index is 0.160. The number of hydrogen-bond donors (Lipinski definition) is 2. The Morgan fingerprint density at radius 2 is 2.18 bits per heavy atom. The number of nitrogens with zero attached hydrogens (tertiary/aromatic N) is 3. The molecule has 2 unspecified atom stereocenters. The molecule has 0 spiro atoms. The van der Waals surface area contributed by atoms with Gasteiger partial charge in [0.2, 0.25) is 11.8 Å². The molecule has 5 rings (SSSR count). The zero-order valence-corrected chi connectivity index (χ0v) is 15.4. The minimum Gasteiger partial charge on any atom is -0.398 e. The first-order chi connectivity index (χ1) is 13.5. The maximum atomic E-state index is 12.6. The van der Waals surface area contributed by atoms with Crippen molar-refractivity contribution in [1.29, 1.82) is 5.26 Å². The van der Waals surface area contributed by atoms with Gasteiger partial charge in [-0.15, -0.1) is 0 Å². The highest BCUT2D eigenvalue weighted by molar-refractivity contribution is 6.03. The van der Waals surface area contributed by atoms with Crippen LogP contribution in [0.1, 0.15) is 32.1 Å². The van der Waals surface area contributed by atoms with Gasteiger partial charge in [0, 0.05) is 35.4 Å². The van der Waals surface area contributed by atoms with E-state index in [2.05, 4.69) is 16.4 Å². The van der Waals surface area contributed by atoms with E-state index in [1.165, 1.54) is 0 Å². The highest BCUT2D eigenvalue weighted by Crippen LogP contribution is 2.42. The lowest BCUT2D eigenvalue weighted by Crippen LogP contribution is -2.33. The molecule has 1 aromatic carbocycles. The van der Waals surface area contributed by atoms with E-state index in [0.29, 0.717) is 30.3 Å². The van der Waals surface area contributed by atoms with Crippen LogP contribution in [-0.2, 0) is 9.59 Å². The van der Waals surface area contributed by atoms with Crippen molar-refractivity contribution in [1.82, 2.24) is 4.98 Å². The summed E-state index contributed by atoms with van der Waals surface area (Å²) in [6.07, 6.45) is 6.17. The van der Waals surface area contributed by atoms with Gasteiger partial charge in [-0.25, -0.2) is 4.98 Å². The normalized spacial score (nSPS) is 28.2. The summed E-state index contributed by atoms with van der Waals surface area (Å²) in [5.41, 5.74) is 7.64. The SMILES string of the molecule is N#C[C@H]1C[C@@H]1C(=O)Nc1cc2cc(N3C(=O)CC4CCCC43)cc(N)c2cn1. The first-order valence-electron chi connectivity index (χ1n) is 9.77. The van der Waals surface area contributed by atoms with Crippen LogP contribution in [0.3, 0.4) is 0 Å². The number of nitrogen functional groups attached to an aromatic ring is 1. The lowest BCUT2D eigenvalue weighted by atomic mass is 10.0. The van der Waals surface area contributed by atoms with Crippen molar-refractivity contribution >= 4 is 39.8 Å². The van der Waals surface area contributed by atoms with Gasteiger partial charge < -0.3 is 16.0 Å². The number of fused-ring (bicyclic) bond motifs is 2. The number of carbonyl (C=O) groups excluding carboxylic acids is 2. The van der Waals surface area contributed by atoms with Crippen molar-refractivity contribution in [2.24, 2.45) is 17.8 Å². The van der Waals surface area contributed by atoms with Gasteiger partial charge >= 0.3 is 0 Å². The number of rotatable bonds is 3. The Labute approximate surface area is 162 Å². The molecule has 28 heavy (non-hydrogen) atoms. The lowest BCUT2D eigenvalue weighted by Gasteiger charge is -2.25. The van der Waals surface area contributed by atoms with Crippen molar-refractivity contribution in [3.63, 3.8) is 0 Å². The maximum absolute atomic E-state index is 12.6. The van der Waals surface area contributed by atoms with Crippen LogP contribution in [-0.4, -0.2) is 22.8 Å². The summed E-state index contributed by atoms with van der Waals surface area (Å²) in [4.78, 5) is 31.0. The van der Waals surface area contributed by atoms with Gasteiger partial charge in [-0.3, -0.25) is 9.59 Å². The second-order valence-corrected chi connectivity index (χ2v) is 8.12. The third kappa shape index (κ3) is 2.68. The van der Waals surface area contributed by atoms with Gasteiger partial charge in [0.15, 0.2) is 0 Å². The first kappa shape index (κ1) is 17.0. The van der Waals surface area contributed by atoms with Gasteiger partial charge in [-0.05, 0) is 48.8 Å². The summed E-state index contributed by atoms with van der Waals surface area (Å²) in [5.74, 6) is 0.425. The van der Waals surface area contributed by atoms with Crippen LogP contribution >= 0.6 is 0 Å². The van der Waals surface area contributed by atoms with E-state index in [1.54, 1.807) is 12.3 Å². The predicted octanol–water partition coefficient (Wildman–Crippen LogP) is 2.82. The average molecular weight is 375 g/mol. The minimum atomic E-state index is -0.250. The van der Waals surface area contributed by atoms with E-state index in [9.17, 15) is 9.59 Å². The second kappa shape index (κ2) is 6.20. The molecule has 2 heterocycles. The number of amides is 2. The van der Waals surface area contributed by atoms with Crippen molar-refractivity contribution in [2.75, 3.05) is 16.0 Å². The fourth-order valence-electron chi connectivity index (χ4n) is 4.76. The van der Waals surface area contributed by atoms with Crippen LogP contribution in [0.25, 0.3) is 10.8 Å². The Kier molecular flexibility index (Phi) is 3.76. The molecule has 2 aliphatic carbocycles. The number of hydrogen-bond acceptors (Lipinski definition) is 5. The first-order valence-corrected chi connectivity index (χ1v) is 9.77. The zero-order valence-electron chi connectivity index (χ0n) is 15.4. The van der Waals surface area contributed by atoms with E-state index >= 15 is 0 Å². The predicted molar refractivity (Wildman–Crippen MR) is 105 cm³/mol. The monoisotopic (exact) mass is 375 g/mol. The summed E-state index contributed by atoms with van der Waals surface area (Å²) < 4.78 is 0. The number of pyridine rings is 1. The van der Waals surface area contributed by atoms with Crippen molar-refractivity contribution in [2.45, 2.75) is 38.1 Å². The third-order valence-corrected chi connectivity index (χ3v) is 6.33. The number of aromatic nitrogens is 1. The largest absolute Gasteiger partial charge is 0.398 e. The number of carbonyl (C=O) groups is 2. The maximum Gasteiger partial charge on any atom is 0.230 e. The Morgan fingerprint density at radius 3 is 2.96 bits per heavy atom. The van der Waals surface area contributed by atoms with Crippen LogP contribution in [0.5, 0.6) is 0 Å². The summed E-state index contributed by atoms with van der Waals surface area (Å²) in [6, 6.07) is 7.97. The Bertz CT molecular complexity index is 1040. The number of benzene rings is 1. The molecule has 2 saturated carbocycles. The molecule has 0 bridgehead atoms. The van der Waals surface area contributed by atoms with Gasteiger partial charge in [0.1, 0.15) is 5.82 Å². The second-order valence-electron chi connectivity index (χ2n) is 8.12. The van der Waals surface area contributed by atoms with E-state index in [1.807, 2.05) is 17.0 Å². The van der Waals surface area contributed by atoms with Crippen LogP contribution in [0.15, 0.2) is 24.4 Å².